The van der Waals surface area contributed by atoms with Gasteiger partial charge >= 0.3 is 6.18 Å². The third-order valence-electron chi connectivity index (χ3n) is 2.26. The van der Waals surface area contributed by atoms with Gasteiger partial charge < -0.3 is 5.73 Å². The van der Waals surface area contributed by atoms with Crippen LogP contribution >= 0.6 is 15.9 Å². The summed E-state index contributed by atoms with van der Waals surface area (Å²) in [5.41, 5.74) is 5.39. The monoisotopic (exact) mass is 320 g/mol. The van der Waals surface area contributed by atoms with E-state index < -0.39 is 11.7 Å². The Balaban J connectivity index is 2.18. The topological polar surface area (TPSA) is 56.7 Å². The fourth-order valence-corrected chi connectivity index (χ4v) is 1.80. The molecule has 2 N–H and O–H groups in total. The van der Waals surface area contributed by atoms with Crippen molar-refractivity contribution >= 4 is 21.9 Å². The Hall–Kier alpha value is -1.57. The van der Waals surface area contributed by atoms with E-state index in [1.54, 1.807) is 0 Å². The molecule has 1 heterocycles. The molecule has 8 heteroatoms. The van der Waals surface area contributed by atoms with Gasteiger partial charge in [-0.3, -0.25) is 0 Å². The number of rotatable bonds is 2. The van der Waals surface area contributed by atoms with Gasteiger partial charge in [0.1, 0.15) is 0 Å². The standard InChI is InChI=1S/C10H8BrF3N4/c11-8-16-9(15)17-18(8)5-6-1-3-7(4-2-6)10(12,13)14/h1-4H,5H2,(H2,15,17). The van der Waals surface area contributed by atoms with Crippen LogP contribution in [0.4, 0.5) is 19.1 Å². The molecule has 0 aliphatic rings. The lowest BCUT2D eigenvalue weighted by Gasteiger charge is -2.07. The molecule has 0 aliphatic carbocycles. The Kier molecular flexibility index (Phi) is 3.29. The van der Waals surface area contributed by atoms with Crippen LogP contribution in [0.1, 0.15) is 11.1 Å². The van der Waals surface area contributed by atoms with E-state index in [9.17, 15) is 13.2 Å². The van der Waals surface area contributed by atoms with Crippen LogP contribution in [0.5, 0.6) is 0 Å². The summed E-state index contributed by atoms with van der Waals surface area (Å²) >= 11 is 3.15. The molecule has 96 valence electrons. The van der Waals surface area contributed by atoms with Gasteiger partial charge in [-0.2, -0.15) is 18.2 Å². The first-order valence-electron chi connectivity index (χ1n) is 4.88. The van der Waals surface area contributed by atoms with Crippen molar-refractivity contribution < 1.29 is 13.2 Å². The summed E-state index contributed by atoms with van der Waals surface area (Å²) in [5.74, 6) is 0.105. The number of anilines is 1. The van der Waals surface area contributed by atoms with Gasteiger partial charge in [0.15, 0.2) is 4.73 Å². The lowest BCUT2D eigenvalue weighted by atomic mass is 10.1. The van der Waals surface area contributed by atoms with Crippen molar-refractivity contribution in [2.45, 2.75) is 12.7 Å². The molecule has 0 spiro atoms. The van der Waals surface area contributed by atoms with Gasteiger partial charge in [0.2, 0.25) is 5.95 Å². The number of aromatic nitrogens is 3. The van der Waals surface area contributed by atoms with Crippen molar-refractivity contribution in [1.29, 1.82) is 0 Å². The number of benzene rings is 1. The quantitative estimate of drug-likeness (QED) is 0.925. The fourth-order valence-electron chi connectivity index (χ4n) is 1.41. The zero-order valence-corrected chi connectivity index (χ0v) is 10.5. The van der Waals surface area contributed by atoms with E-state index in [-0.39, 0.29) is 5.95 Å². The minimum Gasteiger partial charge on any atom is -0.366 e. The number of alkyl halides is 3. The summed E-state index contributed by atoms with van der Waals surface area (Å²) in [6, 6.07) is 4.85. The highest BCUT2D eigenvalue weighted by molar-refractivity contribution is 9.10. The van der Waals surface area contributed by atoms with E-state index in [1.165, 1.54) is 16.8 Å². The lowest BCUT2D eigenvalue weighted by molar-refractivity contribution is -0.137. The average Bonchev–Trinajstić information content (AvgIpc) is 2.57. The second kappa shape index (κ2) is 4.60. The average molecular weight is 321 g/mol. The Bertz CT molecular complexity index is 547. The highest BCUT2D eigenvalue weighted by atomic mass is 79.9. The SMILES string of the molecule is Nc1nc(Br)n(Cc2ccc(C(F)(F)F)cc2)n1. The van der Waals surface area contributed by atoms with Crippen molar-refractivity contribution in [2.24, 2.45) is 0 Å². The van der Waals surface area contributed by atoms with Gasteiger partial charge in [-0.05, 0) is 33.6 Å². The molecule has 18 heavy (non-hydrogen) atoms. The number of halogens is 4. The Morgan fingerprint density at radius 1 is 1.22 bits per heavy atom. The molecule has 0 amide bonds. The summed E-state index contributed by atoms with van der Waals surface area (Å²) in [5, 5.41) is 3.89. The molecule has 0 aliphatic heterocycles. The number of nitrogens with two attached hydrogens (primary N) is 1. The van der Waals surface area contributed by atoms with Crippen molar-refractivity contribution in [1.82, 2.24) is 14.8 Å². The molecule has 0 saturated heterocycles. The van der Waals surface area contributed by atoms with E-state index in [0.29, 0.717) is 16.8 Å². The van der Waals surface area contributed by atoms with E-state index in [2.05, 4.69) is 26.0 Å². The zero-order valence-electron chi connectivity index (χ0n) is 8.95. The largest absolute Gasteiger partial charge is 0.416 e. The molecule has 0 atom stereocenters. The maximum atomic E-state index is 12.4. The molecular weight excluding hydrogens is 313 g/mol. The van der Waals surface area contributed by atoms with Gasteiger partial charge in [0.25, 0.3) is 0 Å². The van der Waals surface area contributed by atoms with E-state index >= 15 is 0 Å². The molecule has 2 aromatic rings. The van der Waals surface area contributed by atoms with Gasteiger partial charge in [0, 0.05) is 0 Å². The molecule has 0 bridgehead atoms. The second-order valence-corrected chi connectivity index (χ2v) is 4.30. The van der Waals surface area contributed by atoms with Crippen LogP contribution in [0.15, 0.2) is 29.0 Å². The summed E-state index contributed by atoms with van der Waals surface area (Å²) in [7, 11) is 0. The van der Waals surface area contributed by atoms with Crippen molar-refractivity contribution in [3.05, 3.63) is 40.1 Å². The minimum absolute atomic E-state index is 0.105. The van der Waals surface area contributed by atoms with Gasteiger partial charge in [-0.15, -0.1) is 5.10 Å². The highest BCUT2D eigenvalue weighted by Gasteiger charge is 2.29. The third-order valence-corrected chi connectivity index (χ3v) is 2.84. The normalized spacial score (nSPS) is 11.8. The van der Waals surface area contributed by atoms with Crippen LogP contribution in [0.2, 0.25) is 0 Å². The first-order chi connectivity index (χ1) is 8.36. The lowest BCUT2D eigenvalue weighted by Crippen LogP contribution is -2.06. The van der Waals surface area contributed by atoms with Gasteiger partial charge in [-0.25, -0.2) is 4.68 Å². The van der Waals surface area contributed by atoms with Crippen LogP contribution in [-0.4, -0.2) is 14.8 Å². The molecule has 0 saturated carbocycles. The van der Waals surface area contributed by atoms with Gasteiger partial charge in [0.05, 0.1) is 12.1 Å². The molecule has 0 radical (unpaired) electrons. The van der Waals surface area contributed by atoms with Crippen LogP contribution in [-0.2, 0) is 12.7 Å². The molecule has 0 unspecified atom stereocenters. The number of nitrogens with zero attached hydrogens (tertiary/aromatic N) is 3. The predicted molar refractivity (Wildman–Crippen MR) is 62.7 cm³/mol. The minimum atomic E-state index is -4.32. The molecular formula is C10H8BrF3N4. The van der Waals surface area contributed by atoms with Crippen LogP contribution < -0.4 is 5.73 Å². The van der Waals surface area contributed by atoms with Crippen molar-refractivity contribution in [3.8, 4) is 0 Å². The first kappa shape index (κ1) is 12.9. The van der Waals surface area contributed by atoms with Crippen molar-refractivity contribution in [3.63, 3.8) is 0 Å². The Morgan fingerprint density at radius 2 is 1.83 bits per heavy atom. The Morgan fingerprint density at radius 3 is 2.28 bits per heavy atom. The fraction of sp³-hybridized carbons (Fsp3) is 0.200. The maximum Gasteiger partial charge on any atom is 0.416 e. The van der Waals surface area contributed by atoms with Crippen LogP contribution in [0.25, 0.3) is 0 Å². The van der Waals surface area contributed by atoms with Crippen LogP contribution in [0, 0.1) is 0 Å². The second-order valence-electron chi connectivity index (χ2n) is 3.59. The number of nitrogen functional groups attached to an aromatic ring is 1. The molecule has 1 aromatic heterocycles. The third kappa shape index (κ3) is 2.81. The molecule has 0 fully saturated rings. The Labute approximate surface area is 109 Å². The van der Waals surface area contributed by atoms with Gasteiger partial charge in [-0.1, -0.05) is 12.1 Å². The van der Waals surface area contributed by atoms with E-state index in [0.717, 1.165) is 12.1 Å². The van der Waals surface area contributed by atoms with Crippen molar-refractivity contribution in [2.75, 3.05) is 5.73 Å². The number of hydrogen-bond donors (Lipinski definition) is 1. The van der Waals surface area contributed by atoms with E-state index in [1.807, 2.05) is 0 Å². The maximum absolute atomic E-state index is 12.4. The van der Waals surface area contributed by atoms with E-state index in [4.69, 9.17) is 5.73 Å². The zero-order chi connectivity index (χ0) is 13.3. The first-order valence-corrected chi connectivity index (χ1v) is 5.67. The smallest absolute Gasteiger partial charge is 0.366 e. The summed E-state index contributed by atoms with van der Waals surface area (Å²) in [6.07, 6.45) is -4.32. The number of hydrogen-bond acceptors (Lipinski definition) is 3. The summed E-state index contributed by atoms with van der Waals surface area (Å²) < 4.78 is 39.0. The molecule has 2 rings (SSSR count). The molecule has 4 nitrogen and oxygen atoms in total. The molecule has 1 aromatic carbocycles. The summed E-state index contributed by atoms with van der Waals surface area (Å²) in [4.78, 5) is 3.83. The predicted octanol–water partition coefficient (Wildman–Crippen LogP) is 2.69. The highest BCUT2D eigenvalue weighted by Crippen LogP contribution is 2.29. The summed E-state index contributed by atoms with van der Waals surface area (Å²) in [6.45, 7) is 0.295. The van der Waals surface area contributed by atoms with Crippen LogP contribution in [0.3, 0.4) is 0 Å².